The Labute approximate surface area is 65.1 Å². The molecule has 11 heavy (non-hydrogen) atoms. The minimum atomic E-state index is -0.444. The SMILES string of the molecule is CCC12COCN1COC2=O. The van der Waals surface area contributed by atoms with E-state index < -0.39 is 5.54 Å². The molecule has 0 radical (unpaired) electrons. The van der Waals surface area contributed by atoms with Crippen molar-refractivity contribution in [2.45, 2.75) is 18.9 Å². The van der Waals surface area contributed by atoms with E-state index in [1.165, 1.54) is 0 Å². The monoisotopic (exact) mass is 157 g/mol. The lowest BCUT2D eigenvalue weighted by atomic mass is 9.98. The molecule has 0 saturated carbocycles. The highest BCUT2D eigenvalue weighted by Gasteiger charge is 2.53. The number of nitrogens with zero attached hydrogens (tertiary/aromatic N) is 1. The average molecular weight is 157 g/mol. The van der Waals surface area contributed by atoms with Gasteiger partial charge in [0.15, 0.2) is 0 Å². The van der Waals surface area contributed by atoms with Crippen LogP contribution >= 0.6 is 0 Å². The van der Waals surface area contributed by atoms with Gasteiger partial charge in [-0.1, -0.05) is 6.92 Å². The predicted molar refractivity (Wildman–Crippen MR) is 36.6 cm³/mol. The van der Waals surface area contributed by atoms with Crippen LogP contribution in [0.15, 0.2) is 0 Å². The van der Waals surface area contributed by atoms with Crippen LogP contribution in [0.4, 0.5) is 0 Å². The van der Waals surface area contributed by atoms with Crippen LogP contribution < -0.4 is 0 Å². The van der Waals surface area contributed by atoms with Gasteiger partial charge in [-0.25, -0.2) is 9.69 Å². The first-order valence-corrected chi connectivity index (χ1v) is 3.79. The molecule has 2 saturated heterocycles. The van der Waals surface area contributed by atoms with Gasteiger partial charge in [-0.2, -0.15) is 0 Å². The van der Waals surface area contributed by atoms with E-state index in [1.54, 1.807) is 0 Å². The molecule has 62 valence electrons. The second-order valence-corrected chi connectivity index (χ2v) is 2.96. The number of fused-ring (bicyclic) bond motifs is 1. The second-order valence-electron chi connectivity index (χ2n) is 2.96. The molecule has 0 amide bonds. The van der Waals surface area contributed by atoms with Crippen molar-refractivity contribution in [3.05, 3.63) is 0 Å². The highest BCUT2D eigenvalue weighted by Crippen LogP contribution is 2.31. The van der Waals surface area contributed by atoms with Crippen LogP contribution in [0, 0.1) is 0 Å². The Morgan fingerprint density at radius 1 is 1.64 bits per heavy atom. The minimum absolute atomic E-state index is 0.127. The number of rotatable bonds is 1. The first-order chi connectivity index (χ1) is 5.29. The molecule has 2 aliphatic heterocycles. The molecule has 0 aromatic rings. The van der Waals surface area contributed by atoms with E-state index in [4.69, 9.17) is 9.47 Å². The van der Waals surface area contributed by atoms with Gasteiger partial charge >= 0.3 is 5.97 Å². The molecule has 4 nitrogen and oxygen atoms in total. The van der Waals surface area contributed by atoms with Gasteiger partial charge in [0.05, 0.1) is 6.61 Å². The van der Waals surface area contributed by atoms with Crippen LogP contribution in [0.5, 0.6) is 0 Å². The Hall–Kier alpha value is -0.610. The Morgan fingerprint density at radius 2 is 2.45 bits per heavy atom. The topological polar surface area (TPSA) is 38.8 Å². The molecule has 2 heterocycles. The minimum Gasteiger partial charge on any atom is -0.448 e. The second kappa shape index (κ2) is 2.19. The highest BCUT2D eigenvalue weighted by molar-refractivity contribution is 5.82. The van der Waals surface area contributed by atoms with Gasteiger partial charge in [0.25, 0.3) is 0 Å². The summed E-state index contributed by atoms with van der Waals surface area (Å²) in [7, 11) is 0. The van der Waals surface area contributed by atoms with Gasteiger partial charge in [-0.3, -0.25) is 0 Å². The number of carbonyl (C=O) groups is 1. The molecule has 0 aromatic carbocycles. The van der Waals surface area contributed by atoms with Crippen LogP contribution in [0.25, 0.3) is 0 Å². The number of carbonyl (C=O) groups excluding carboxylic acids is 1. The third kappa shape index (κ3) is 0.736. The van der Waals surface area contributed by atoms with Gasteiger partial charge in [0.1, 0.15) is 19.0 Å². The van der Waals surface area contributed by atoms with Crippen molar-refractivity contribution in [3.8, 4) is 0 Å². The summed E-state index contributed by atoms with van der Waals surface area (Å²) in [5.41, 5.74) is -0.444. The van der Waals surface area contributed by atoms with Crippen LogP contribution in [-0.2, 0) is 14.3 Å². The molecule has 1 unspecified atom stereocenters. The van der Waals surface area contributed by atoms with Crippen LogP contribution in [-0.4, -0.2) is 36.5 Å². The fourth-order valence-corrected chi connectivity index (χ4v) is 1.63. The van der Waals surface area contributed by atoms with E-state index in [-0.39, 0.29) is 5.97 Å². The van der Waals surface area contributed by atoms with Crippen molar-refractivity contribution >= 4 is 5.97 Å². The van der Waals surface area contributed by atoms with Gasteiger partial charge in [0, 0.05) is 0 Å². The van der Waals surface area contributed by atoms with E-state index >= 15 is 0 Å². The number of hydrogen-bond donors (Lipinski definition) is 0. The van der Waals surface area contributed by atoms with Crippen molar-refractivity contribution in [1.29, 1.82) is 0 Å². The van der Waals surface area contributed by atoms with E-state index in [1.807, 2.05) is 11.8 Å². The van der Waals surface area contributed by atoms with Crippen LogP contribution in [0.2, 0.25) is 0 Å². The standard InChI is InChI=1S/C7H11NO3/c1-2-7-3-10-4-8(7)5-11-6(7)9/h2-5H2,1H3. The maximum atomic E-state index is 11.3. The molecular weight excluding hydrogens is 146 g/mol. The zero-order valence-corrected chi connectivity index (χ0v) is 6.50. The van der Waals surface area contributed by atoms with E-state index in [0.29, 0.717) is 20.1 Å². The maximum absolute atomic E-state index is 11.3. The average Bonchev–Trinajstić information content (AvgIpc) is 2.53. The zero-order chi connectivity index (χ0) is 7.90. The van der Waals surface area contributed by atoms with Crippen molar-refractivity contribution in [1.82, 2.24) is 4.90 Å². The summed E-state index contributed by atoms with van der Waals surface area (Å²) in [6.45, 7) is 3.39. The molecule has 4 heteroatoms. The molecule has 0 N–H and O–H groups in total. The number of cyclic esters (lactones) is 1. The lowest BCUT2D eigenvalue weighted by molar-refractivity contribution is -0.143. The van der Waals surface area contributed by atoms with Crippen molar-refractivity contribution in [3.63, 3.8) is 0 Å². The lowest BCUT2D eigenvalue weighted by Crippen LogP contribution is -2.45. The van der Waals surface area contributed by atoms with Crippen molar-refractivity contribution in [2.75, 3.05) is 20.1 Å². The number of esters is 1. The summed E-state index contributed by atoms with van der Waals surface area (Å²) in [6.07, 6.45) is 0.770. The Bertz CT molecular complexity index is 194. The quantitative estimate of drug-likeness (QED) is 0.500. The number of hydrogen-bond acceptors (Lipinski definition) is 4. The third-order valence-corrected chi connectivity index (χ3v) is 2.51. The number of ether oxygens (including phenoxy) is 2. The molecule has 0 aliphatic carbocycles. The molecule has 0 aromatic heterocycles. The first kappa shape index (κ1) is 7.06. The Kier molecular flexibility index (Phi) is 1.40. The Balaban J connectivity index is 2.29. The van der Waals surface area contributed by atoms with E-state index in [2.05, 4.69) is 0 Å². The zero-order valence-electron chi connectivity index (χ0n) is 6.50. The maximum Gasteiger partial charge on any atom is 0.330 e. The third-order valence-electron chi connectivity index (χ3n) is 2.51. The van der Waals surface area contributed by atoms with Crippen molar-refractivity contribution < 1.29 is 14.3 Å². The van der Waals surface area contributed by atoms with Crippen molar-refractivity contribution in [2.24, 2.45) is 0 Å². The first-order valence-electron chi connectivity index (χ1n) is 3.79. The molecule has 2 aliphatic rings. The summed E-state index contributed by atoms with van der Waals surface area (Å²) < 4.78 is 10.1. The van der Waals surface area contributed by atoms with Gasteiger partial charge in [0.2, 0.25) is 0 Å². The van der Waals surface area contributed by atoms with Gasteiger partial charge in [-0.05, 0) is 6.42 Å². The fourth-order valence-electron chi connectivity index (χ4n) is 1.63. The molecular formula is C7H11NO3. The fraction of sp³-hybridized carbons (Fsp3) is 0.857. The molecule has 2 rings (SSSR count). The molecule has 0 bridgehead atoms. The Morgan fingerprint density at radius 3 is 3.09 bits per heavy atom. The summed E-state index contributed by atoms with van der Waals surface area (Å²) >= 11 is 0. The van der Waals surface area contributed by atoms with Crippen LogP contribution in [0.3, 0.4) is 0 Å². The highest BCUT2D eigenvalue weighted by atomic mass is 16.6. The van der Waals surface area contributed by atoms with Crippen LogP contribution in [0.1, 0.15) is 13.3 Å². The molecule has 1 atom stereocenters. The van der Waals surface area contributed by atoms with E-state index in [9.17, 15) is 4.79 Å². The molecule has 0 spiro atoms. The lowest BCUT2D eigenvalue weighted by Gasteiger charge is -2.21. The molecule has 2 fully saturated rings. The summed E-state index contributed by atoms with van der Waals surface area (Å²) in [5, 5.41) is 0. The summed E-state index contributed by atoms with van der Waals surface area (Å²) in [4.78, 5) is 13.2. The summed E-state index contributed by atoms with van der Waals surface area (Å²) in [6, 6.07) is 0. The smallest absolute Gasteiger partial charge is 0.330 e. The largest absolute Gasteiger partial charge is 0.448 e. The summed E-state index contributed by atoms with van der Waals surface area (Å²) in [5.74, 6) is -0.127. The van der Waals surface area contributed by atoms with E-state index in [0.717, 1.165) is 6.42 Å². The van der Waals surface area contributed by atoms with Gasteiger partial charge in [-0.15, -0.1) is 0 Å². The normalized spacial score (nSPS) is 37.4. The predicted octanol–water partition coefficient (Wildman–Crippen LogP) is -0.0608. The van der Waals surface area contributed by atoms with Gasteiger partial charge < -0.3 is 9.47 Å².